The van der Waals surface area contributed by atoms with Gasteiger partial charge in [-0.25, -0.2) is 4.79 Å². The first-order chi connectivity index (χ1) is 6.79. The standard InChI is InChI=1S/C8H12F3NO3/c1-5(2)14-6-3-12(4-6)15-7(13)8(9,10)11/h5-6H,3-4H2,1-2H3. The Labute approximate surface area is 84.9 Å². The smallest absolute Gasteiger partial charge is 0.373 e. The summed E-state index contributed by atoms with van der Waals surface area (Å²) in [6.45, 7) is 4.01. The summed E-state index contributed by atoms with van der Waals surface area (Å²) >= 11 is 0. The molecular weight excluding hydrogens is 215 g/mol. The molecule has 1 aliphatic rings. The predicted octanol–water partition coefficient (Wildman–Crippen LogP) is 1.12. The zero-order valence-corrected chi connectivity index (χ0v) is 8.37. The van der Waals surface area contributed by atoms with E-state index in [-0.39, 0.29) is 25.3 Å². The van der Waals surface area contributed by atoms with Gasteiger partial charge in [-0.05, 0) is 13.8 Å². The molecule has 4 nitrogen and oxygen atoms in total. The Bertz CT molecular complexity index is 236. The molecule has 0 amide bonds. The van der Waals surface area contributed by atoms with Crippen LogP contribution in [0.15, 0.2) is 0 Å². The largest absolute Gasteiger partial charge is 0.492 e. The van der Waals surface area contributed by atoms with Gasteiger partial charge >= 0.3 is 12.1 Å². The highest BCUT2D eigenvalue weighted by Crippen LogP contribution is 2.20. The lowest BCUT2D eigenvalue weighted by atomic mass is 10.2. The van der Waals surface area contributed by atoms with E-state index in [0.717, 1.165) is 5.06 Å². The molecule has 1 heterocycles. The minimum absolute atomic E-state index is 0.00969. The van der Waals surface area contributed by atoms with Gasteiger partial charge in [-0.2, -0.15) is 13.2 Å². The second kappa shape index (κ2) is 4.36. The van der Waals surface area contributed by atoms with Gasteiger partial charge in [0.05, 0.1) is 25.3 Å². The quantitative estimate of drug-likeness (QED) is 0.724. The summed E-state index contributed by atoms with van der Waals surface area (Å²) in [6, 6.07) is 0. The maximum atomic E-state index is 11.7. The number of hydrogen-bond donors (Lipinski definition) is 0. The molecule has 0 N–H and O–H groups in total. The van der Waals surface area contributed by atoms with Gasteiger partial charge in [0.1, 0.15) is 0 Å². The Morgan fingerprint density at radius 2 is 1.93 bits per heavy atom. The van der Waals surface area contributed by atoms with E-state index in [9.17, 15) is 18.0 Å². The Morgan fingerprint density at radius 1 is 1.40 bits per heavy atom. The Morgan fingerprint density at radius 3 is 2.33 bits per heavy atom. The van der Waals surface area contributed by atoms with Gasteiger partial charge in [0.15, 0.2) is 0 Å². The summed E-state index contributed by atoms with van der Waals surface area (Å²) in [5.41, 5.74) is 0. The van der Waals surface area contributed by atoms with Crippen LogP contribution in [0.25, 0.3) is 0 Å². The SMILES string of the molecule is CC(C)OC1CN(OC(=O)C(F)(F)F)C1. The lowest BCUT2D eigenvalue weighted by molar-refractivity contribution is -0.271. The van der Waals surface area contributed by atoms with Crippen LogP contribution < -0.4 is 0 Å². The molecule has 0 atom stereocenters. The number of carbonyl (C=O) groups excluding carboxylic acids is 1. The second-order valence-electron chi connectivity index (χ2n) is 3.53. The van der Waals surface area contributed by atoms with Crippen molar-refractivity contribution in [2.24, 2.45) is 0 Å². The highest BCUT2D eigenvalue weighted by Gasteiger charge is 2.44. The number of hydrogen-bond acceptors (Lipinski definition) is 4. The first-order valence-corrected chi connectivity index (χ1v) is 4.48. The second-order valence-corrected chi connectivity index (χ2v) is 3.53. The summed E-state index contributed by atoms with van der Waals surface area (Å²) < 4.78 is 40.5. The molecule has 0 spiro atoms. The van der Waals surface area contributed by atoms with Gasteiger partial charge in [0.2, 0.25) is 0 Å². The first kappa shape index (κ1) is 12.3. The number of hydroxylamine groups is 2. The van der Waals surface area contributed by atoms with Gasteiger partial charge in [-0.3, -0.25) is 0 Å². The van der Waals surface area contributed by atoms with Crippen LogP contribution in [0.5, 0.6) is 0 Å². The zero-order chi connectivity index (χ0) is 11.6. The maximum Gasteiger partial charge on any atom is 0.492 e. The van der Waals surface area contributed by atoms with Crippen LogP contribution in [-0.4, -0.2) is 42.5 Å². The summed E-state index contributed by atoms with van der Waals surface area (Å²) in [7, 11) is 0. The fraction of sp³-hybridized carbons (Fsp3) is 0.875. The maximum absolute atomic E-state index is 11.7. The van der Waals surface area contributed by atoms with E-state index in [0.29, 0.717) is 0 Å². The van der Waals surface area contributed by atoms with Crippen LogP contribution in [0.4, 0.5) is 13.2 Å². The van der Waals surface area contributed by atoms with Crippen molar-refractivity contribution in [3.8, 4) is 0 Å². The van der Waals surface area contributed by atoms with Crippen molar-refractivity contribution >= 4 is 5.97 Å². The Balaban J connectivity index is 2.21. The summed E-state index contributed by atoms with van der Waals surface area (Å²) in [6.07, 6.45) is -5.09. The third kappa shape index (κ3) is 3.67. The van der Waals surface area contributed by atoms with Gasteiger partial charge in [0, 0.05) is 0 Å². The van der Waals surface area contributed by atoms with E-state index in [2.05, 4.69) is 4.84 Å². The molecule has 0 aromatic rings. The van der Waals surface area contributed by atoms with Crippen LogP contribution >= 0.6 is 0 Å². The van der Waals surface area contributed by atoms with E-state index < -0.39 is 12.1 Å². The Hall–Kier alpha value is -0.820. The molecule has 88 valence electrons. The van der Waals surface area contributed by atoms with Gasteiger partial charge in [-0.1, -0.05) is 0 Å². The predicted molar refractivity (Wildman–Crippen MR) is 43.7 cm³/mol. The topological polar surface area (TPSA) is 38.8 Å². The fourth-order valence-electron chi connectivity index (χ4n) is 1.12. The molecule has 1 aliphatic heterocycles. The molecule has 15 heavy (non-hydrogen) atoms. The number of nitrogens with zero attached hydrogens (tertiary/aromatic N) is 1. The molecule has 0 aromatic heterocycles. The number of ether oxygens (including phenoxy) is 1. The van der Waals surface area contributed by atoms with Gasteiger partial charge in [-0.15, -0.1) is 5.06 Å². The van der Waals surface area contributed by atoms with E-state index in [4.69, 9.17) is 4.74 Å². The average molecular weight is 227 g/mol. The molecule has 0 aliphatic carbocycles. The lowest BCUT2D eigenvalue weighted by Crippen LogP contribution is -2.54. The van der Waals surface area contributed by atoms with Crippen LogP contribution in [0.3, 0.4) is 0 Å². The molecule has 0 radical (unpaired) electrons. The highest BCUT2D eigenvalue weighted by atomic mass is 19.4. The molecule has 1 saturated heterocycles. The normalized spacial score (nSPS) is 19.1. The lowest BCUT2D eigenvalue weighted by Gasteiger charge is -2.37. The molecule has 0 bridgehead atoms. The minimum atomic E-state index is -4.94. The molecule has 0 saturated carbocycles. The molecule has 1 rings (SSSR count). The summed E-state index contributed by atoms with van der Waals surface area (Å²) in [4.78, 5) is 14.4. The molecule has 0 unspecified atom stereocenters. The number of alkyl halides is 3. The van der Waals surface area contributed by atoms with Crippen LogP contribution in [-0.2, 0) is 14.4 Å². The first-order valence-electron chi connectivity index (χ1n) is 4.48. The third-order valence-electron chi connectivity index (χ3n) is 1.72. The molecule has 0 aromatic carbocycles. The average Bonchev–Trinajstić information content (AvgIpc) is 1.97. The van der Waals surface area contributed by atoms with Crippen molar-refractivity contribution in [1.82, 2.24) is 5.06 Å². The van der Waals surface area contributed by atoms with E-state index >= 15 is 0 Å². The number of rotatable bonds is 3. The van der Waals surface area contributed by atoms with Gasteiger partial charge < -0.3 is 9.57 Å². The molecule has 1 fully saturated rings. The third-order valence-corrected chi connectivity index (χ3v) is 1.72. The van der Waals surface area contributed by atoms with Crippen molar-refractivity contribution in [2.45, 2.75) is 32.2 Å². The van der Waals surface area contributed by atoms with Crippen molar-refractivity contribution in [1.29, 1.82) is 0 Å². The van der Waals surface area contributed by atoms with Crippen LogP contribution in [0, 0.1) is 0 Å². The number of carbonyl (C=O) groups is 1. The minimum Gasteiger partial charge on any atom is -0.373 e. The van der Waals surface area contributed by atoms with Crippen LogP contribution in [0.1, 0.15) is 13.8 Å². The molecular formula is C8H12F3NO3. The summed E-state index contributed by atoms with van der Waals surface area (Å²) in [5.74, 6) is -2.19. The zero-order valence-electron chi connectivity index (χ0n) is 8.37. The molecule has 7 heteroatoms. The number of halogens is 3. The van der Waals surface area contributed by atoms with Crippen molar-refractivity contribution in [3.63, 3.8) is 0 Å². The van der Waals surface area contributed by atoms with E-state index in [1.54, 1.807) is 0 Å². The van der Waals surface area contributed by atoms with Crippen molar-refractivity contribution in [3.05, 3.63) is 0 Å². The van der Waals surface area contributed by atoms with Crippen molar-refractivity contribution in [2.75, 3.05) is 13.1 Å². The van der Waals surface area contributed by atoms with Crippen LogP contribution in [0.2, 0.25) is 0 Å². The van der Waals surface area contributed by atoms with Gasteiger partial charge in [0.25, 0.3) is 0 Å². The monoisotopic (exact) mass is 227 g/mol. The van der Waals surface area contributed by atoms with E-state index in [1.165, 1.54) is 0 Å². The fourth-order valence-corrected chi connectivity index (χ4v) is 1.12. The summed E-state index contributed by atoms with van der Waals surface area (Å²) in [5, 5.41) is 0.933. The Kier molecular flexibility index (Phi) is 3.56. The highest BCUT2D eigenvalue weighted by molar-refractivity contribution is 5.75. The van der Waals surface area contributed by atoms with E-state index in [1.807, 2.05) is 13.8 Å². The van der Waals surface area contributed by atoms with Crippen molar-refractivity contribution < 1.29 is 27.5 Å².